The Morgan fingerprint density at radius 1 is 1.10 bits per heavy atom. The summed E-state index contributed by atoms with van der Waals surface area (Å²) in [5.74, 6) is 0.847. The molecule has 3 aromatic rings. The second-order valence-corrected chi connectivity index (χ2v) is 7.55. The zero-order chi connectivity index (χ0) is 20.9. The van der Waals surface area contributed by atoms with Gasteiger partial charge in [-0.2, -0.15) is 0 Å². The van der Waals surface area contributed by atoms with Crippen LogP contribution >= 0.6 is 11.3 Å². The summed E-state index contributed by atoms with van der Waals surface area (Å²) in [6.45, 7) is 3.21. The molecular formula is C22H23N3O4S. The SMILES string of the molecule is COc1ccc(C(=O)Nc2ccc(-c3csc(N4CCOCC4)n3)cc2)c(OC)c1. The van der Waals surface area contributed by atoms with Gasteiger partial charge in [0.1, 0.15) is 11.5 Å². The van der Waals surface area contributed by atoms with Crippen molar-refractivity contribution in [1.29, 1.82) is 0 Å². The molecule has 156 valence electrons. The number of nitrogens with one attached hydrogen (secondary N) is 1. The molecule has 0 spiro atoms. The highest BCUT2D eigenvalue weighted by Crippen LogP contribution is 2.29. The highest BCUT2D eigenvalue weighted by molar-refractivity contribution is 7.14. The lowest BCUT2D eigenvalue weighted by molar-refractivity contribution is 0.102. The zero-order valence-electron chi connectivity index (χ0n) is 16.9. The molecule has 0 unspecified atom stereocenters. The van der Waals surface area contributed by atoms with Crippen LogP contribution < -0.4 is 19.7 Å². The van der Waals surface area contributed by atoms with Gasteiger partial charge in [-0.1, -0.05) is 12.1 Å². The molecule has 1 N–H and O–H groups in total. The first-order valence-corrected chi connectivity index (χ1v) is 10.5. The molecule has 2 heterocycles. The van der Waals surface area contributed by atoms with Crippen molar-refractivity contribution in [2.24, 2.45) is 0 Å². The number of morpholine rings is 1. The summed E-state index contributed by atoms with van der Waals surface area (Å²) in [6, 6.07) is 12.8. The van der Waals surface area contributed by atoms with Crippen LogP contribution in [0.2, 0.25) is 0 Å². The Morgan fingerprint density at radius 3 is 2.57 bits per heavy atom. The summed E-state index contributed by atoms with van der Waals surface area (Å²) >= 11 is 1.64. The molecule has 2 aromatic carbocycles. The zero-order valence-corrected chi connectivity index (χ0v) is 17.7. The lowest BCUT2D eigenvalue weighted by atomic mass is 10.1. The molecule has 1 aliphatic rings. The average molecular weight is 426 g/mol. The second kappa shape index (κ2) is 9.15. The standard InChI is InChI=1S/C22H23N3O4S/c1-27-17-7-8-18(20(13-17)28-2)21(26)23-16-5-3-15(4-6-16)19-14-30-22(24-19)25-9-11-29-12-10-25/h3-8,13-14H,9-12H2,1-2H3,(H,23,26). The maximum absolute atomic E-state index is 12.7. The summed E-state index contributed by atoms with van der Waals surface area (Å²) in [5.41, 5.74) is 3.07. The van der Waals surface area contributed by atoms with E-state index in [4.69, 9.17) is 19.2 Å². The highest BCUT2D eigenvalue weighted by Gasteiger charge is 2.16. The first-order valence-electron chi connectivity index (χ1n) is 9.60. The van der Waals surface area contributed by atoms with E-state index in [1.807, 2.05) is 24.3 Å². The second-order valence-electron chi connectivity index (χ2n) is 6.71. The largest absolute Gasteiger partial charge is 0.497 e. The maximum Gasteiger partial charge on any atom is 0.259 e. The van der Waals surface area contributed by atoms with E-state index >= 15 is 0 Å². The lowest BCUT2D eigenvalue weighted by Gasteiger charge is -2.26. The molecule has 0 radical (unpaired) electrons. The van der Waals surface area contributed by atoms with Crippen molar-refractivity contribution in [1.82, 2.24) is 4.98 Å². The molecule has 0 bridgehead atoms. The molecule has 30 heavy (non-hydrogen) atoms. The van der Waals surface area contributed by atoms with Gasteiger partial charge < -0.3 is 24.4 Å². The number of amides is 1. The van der Waals surface area contributed by atoms with Crippen LogP contribution in [0.3, 0.4) is 0 Å². The Balaban J connectivity index is 1.45. The number of methoxy groups -OCH3 is 2. The van der Waals surface area contributed by atoms with Crippen LogP contribution in [0.1, 0.15) is 10.4 Å². The van der Waals surface area contributed by atoms with E-state index in [0.717, 1.165) is 42.7 Å². The topological polar surface area (TPSA) is 72.9 Å². The quantitative estimate of drug-likeness (QED) is 0.645. The fourth-order valence-electron chi connectivity index (χ4n) is 3.21. The molecule has 0 saturated carbocycles. The highest BCUT2D eigenvalue weighted by atomic mass is 32.1. The first kappa shape index (κ1) is 20.2. The summed E-state index contributed by atoms with van der Waals surface area (Å²) in [6.07, 6.45) is 0. The molecule has 0 aliphatic carbocycles. The van der Waals surface area contributed by atoms with E-state index in [-0.39, 0.29) is 5.91 Å². The number of benzene rings is 2. The minimum absolute atomic E-state index is 0.245. The van der Waals surface area contributed by atoms with Crippen molar-refractivity contribution in [3.05, 3.63) is 53.4 Å². The minimum Gasteiger partial charge on any atom is -0.497 e. The fourth-order valence-corrected chi connectivity index (χ4v) is 4.09. The number of aromatic nitrogens is 1. The Labute approximate surface area is 179 Å². The van der Waals surface area contributed by atoms with Crippen LogP contribution in [0.25, 0.3) is 11.3 Å². The van der Waals surface area contributed by atoms with Crippen molar-refractivity contribution in [2.75, 3.05) is 50.7 Å². The van der Waals surface area contributed by atoms with Gasteiger partial charge in [-0.05, 0) is 24.3 Å². The van der Waals surface area contributed by atoms with Crippen molar-refractivity contribution in [3.63, 3.8) is 0 Å². The molecule has 8 heteroatoms. The van der Waals surface area contributed by atoms with E-state index in [1.54, 1.807) is 36.6 Å². The van der Waals surface area contributed by atoms with E-state index in [1.165, 1.54) is 7.11 Å². The molecule has 1 fully saturated rings. The van der Waals surface area contributed by atoms with Crippen LogP contribution in [0.5, 0.6) is 11.5 Å². The third-order valence-corrected chi connectivity index (χ3v) is 5.77. The van der Waals surface area contributed by atoms with Gasteiger partial charge in [0, 0.05) is 35.8 Å². The van der Waals surface area contributed by atoms with Crippen molar-refractivity contribution >= 4 is 28.1 Å². The molecule has 4 rings (SSSR count). The Bertz CT molecular complexity index is 1010. The van der Waals surface area contributed by atoms with Crippen LogP contribution in [0.15, 0.2) is 47.8 Å². The van der Waals surface area contributed by atoms with Crippen LogP contribution in [0, 0.1) is 0 Å². The first-order chi connectivity index (χ1) is 14.7. The Kier molecular flexibility index (Phi) is 6.15. The van der Waals surface area contributed by atoms with Gasteiger partial charge in [-0.15, -0.1) is 11.3 Å². The Hall–Kier alpha value is -3.10. The summed E-state index contributed by atoms with van der Waals surface area (Å²) in [4.78, 5) is 19.7. The number of ether oxygens (including phenoxy) is 3. The van der Waals surface area contributed by atoms with Gasteiger partial charge in [-0.3, -0.25) is 4.79 Å². The van der Waals surface area contributed by atoms with Gasteiger partial charge in [0.05, 0.1) is 38.7 Å². The van der Waals surface area contributed by atoms with Gasteiger partial charge in [0.15, 0.2) is 5.13 Å². The number of thiazole rings is 1. The number of carbonyl (C=O) groups is 1. The van der Waals surface area contributed by atoms with Crippen LogP contribution in [-0.2, 0) is 4.74 Å². The Morgan fingerprint density at radius 2 is 1.87 bits per heavy atom. The molecular weight excluding hydrogens is 402 g/mol. The predicted octanol–water partition coefficient (Wildman–Crippen LogP) is 3.92. The lowest BCUT2D eigenvalue weighted by Crippen LogP contribution is -2.36. The fraction of sp³-hybridized carbons (Fsp3) is 0.273. The van der Waals surface area contributed by atoms with Crippen LogP contribution in [0.4, 0.5) is 10.8 Å². The van der Waals surface area contributed by atoms with E-state index < -0.39 is 0 Å². The molecule has 1 aromatic heterocycles. The molecule has 0 atom stereocenters. The van der Waals surface area contributed by atoms with Gasteiger partial charge in [0.2, 0.25) is 0 Å². The van der Waals surface area contributed by atoms with Crippen molar-refractivity contribution in [3.8, 4) is 22.8 Å². The number of hydrogen-bond donors (Lipinski definition) is 1. The number of nitrogens with zero attached hydrogens (tertiary/aromatic N) is 2. The molecule has 1 saturated heterocycles. The van der Waals surface area contributed by atoms with Gasteiger partial charge in [0.25, 0.3) is 5.91 Å². The minimum atomic E-state index is -0.245. The van der Waals surface area contributed by atoms with E-state index in [0.29, 0.717) is 22.7 Å². The van der Waals surface area contributed by atoms with Crippen molar-refractivity contribution in [2.45, 2.75) is 0 Å². The van der Waals surface area contributed by atoms with Gasteiger partial charge in [-0.25, -0.2) is 4.98 Å². The van der Waals surface area contributed by atoms with Crippen molar-refractivity contribution < 1.29 is 19.0 Å². The monoisotopic (exact) mass is 425 g/mol. The smallest absolute Gasteiger partial charge is 0.259 e. The summed E-state index contributed by atoms with van der Waals surface area (Å²) in [7, 11) is 3.10. The summed E-state index contributed by atoms with van der Waals surface area (Å²) < 4.78 is 15.9. The molecule has 1 aliphatic heterocycles. The normalized spacial score (nSPS) is 13.7. The molecule has 1 amide bonds. The molecule has 7 nitrogen and oxygen atoms in total. The summed E-state index contributed by atoms with van der Waals surface area (Å²) in [5, 5.41) is 5.97. The number of hydrogen-bond acceptors (Lipinski definition) is 7. The van der Waals surface area contributed by atoms with Gasteiger partial charge >= 0.3 is 0 Å². The third kappa shape index (κ3) is 4.39. The average Bonchev–Trinajstić information content (AvgIpc) is 3.30. The predicted molar refractivity (Wildman–Crippen MR) is 118 cm³/mol. The number of anilines is 2. The number of rotatable bonds is 6. The number of carbonyl (C=O) groups excluding carboxylic acids is 1. The van der Waals surface area contributed by atoms with E-state index in [2.05, 4.69) is 15.6 Å². The third-order valence-electron chi connectivity index (χ3n) is 4.87. The maximum atomic E-state index is 12.7. The van der Waals surface area contributed by atoms with Crippen LogP contribution in [-0.4, -0.2) is 51.4 Å². The van der Waals surface area contributed by atoms with E-state index in [9.17, 15) is 4.79 Å².